The van der Waals surface area contributed by atoms with Crippen molar-refractivity contribution < 1.29 is 4.79 Å². The molecule has 1 N–H and O–H groups in total. The highest BCUT2D eigenvalue weighted by Crippen LogP contribution is 2.52. The van der Waals surface area contributed by atoms with E-state index in [1.807, 2.05) is 30.3 Å². The van der Waals surface area contributed by atoms with Crippen molar-refractivity contribution in [2.45, 2.75) is 36.3 Å². The van der Waals surface area contributed by atoms with Gasteiger partial charge in [-0.2, -0.15) is 0 Å². The van der Waals surface area contributed by atoms with Crippen molar-refractivity contribution >= 4 is 28.9 Å². The van der Waals surface area contributed by atoms with E-state index >= 15 is 0 Å². The molecule has 0 aromatic heterocycles. The molecule has 3 aromatic carbocycles. The van der Waals surface area contributed by atoms with Gasteiger partial charge in [0.05, 0.1) is 16.6 Å². The highest BCUT2D eigenvalue weighted by atomic mass is 32.2. The first-order valence-electron chi connectivity index (χ1n) is 10.2. The van der Waals surface area contributed by atoms with E-state index in [1.165, 1.54) is 16.0 Å². The summed E-state index contributed by atoms with van der Waals surface area (Å²) >= 11 is 1.76. The average molecular weight is 398 g/mol. The van der Waals surface area contributed by atoms with E-state index in [0.29, 0.717) is 5.92 Å². The smallest absolute Gasteiger partial charge is 0.193 e. The van der Waals surface area contributed by atoms with E-state index in [2.05, 4.69) is 61.6 Å². The summed E-state index contributed by atoms with van der Waals surface area (Å²) in [4.78, 5) is 14.6. The minimum absolute atomic E-state index is 0.0352. The first kappa shape index (κ1) is 18.3. The molecule has 0 amide bonds. The predicted octanol–water partition coefficient (Wildman–Crippen LogP) is 7.07. The minimum Gasteiger partial charge on any atom is -0.354 e. The van der Waals surface area contributed by atoms with Crippen LogP contribution < -0.4 is 5.32 Å². The van der Waals surface area contributed by atoms with Gasteiger partial charge in [0, 0.05) is 21.6 Å². The van der Waals surface area contributed by atoms with Gasteiger partial charge in [-0.1, -0.05) is 74.5 Å². The molecule has 0 saturated carbocycles. The molecule has 0 radical (unpaired) electrons. The second-order valence-electron chi connectivity index (χ2n) is 7.76. The molecule has 1 heterocycles. The normalized spacial score (nSPS) is 18.4. The molecular weight excluding hydrogens is 374 g/mol. The lowest BCUT2D eigenvalue weighted by atomic mass is 9.95. The number of nitrogens with one attached hydrogen (secondary N) is 1. The molecule has 5 rings (SSSR count). The number of rotatable bonds is 3. The zero-order valence-corrected chi connectivity index (χ0v) is 17.4. The third-order valence-electron chi connectivity index (χ3n) is 6.03. The van der Waals surface area contributed by atoms with Crippen molar-refractivity contribution in [3.8, 4) is 0 Å². The van der Waals surface area contributed by atoms with E-state index in [1.54, 1.807) is 11.8 Å². The number of carbonyl (C=O) groups excluding carboxylic acids is 1. The maximum atomic E-state index is 13.4. The van der Waals surface area contributed by atoms with Crippen LogP contribution in [0.5, 0.6) is 0 Å². The van der Waals surface area contributed by atoms with E-state index in [9.17, 15) is 4.79 Å². The Hall–Kier alpha value is -2.78. The van der Waals surface area contributed by atoms with Crippen LogP contribution in [0.1, 0.15) is 58.5 Å². The predicted molar refractivity (Wildman–Crippen MR) is 122 cm³/mol. The summed E-state index contributed by atoms with van der Waals surface area (Å²) in [5.74, 6) is 0.680. The fourth-order valence-corrected chi connectivity index (χ4v) is 5.44. The van der Waals surface area contributed by atoms with Crippen molar-refractivity contribution in [3.63, 3.8) is 0 Å². The van der Waals surface area contributed by atoms with Gasteiger partial charge >= 0.3 is 0 Å². The van der Waals surface area contributed by atoms with Crippen molar-refractivity contribution in [3.05, 3.63) is 101 Å². The van der Waals surface area contributed by atoms with Gasteiger partial charge < -0.3 is 5.32 Å². The first-order valence-corrected chi connectivity index (χ1v) is 11.1. The third-order valence-corrected chi connectivity index (χ3v) is 7.38. The summed E-state index contributed by atoms with van der Waals surface area (Å²) in [6.07, 6.45) is 1.12. The van der Waals surface area contributed by atoms with E-state index in [0.717, 1.165) is 34.5 Å². The molecule has 3 heteroatoms. The Kier molecular flexibility index (Phi) is 4.56. The van der Waals surface area contributed by atoms with E-state index in [-0.39, 0.29) is 11.0 Å². The number of fused-ring (bicyclic) bond motifs is 3. The molecule has 1 aliphatic heterocycles. The van der Waals surface area contributed by atoms with Crippen LogP contribution in [0.3, 0.4) is 0 Å². The highest BCUT2D eigenvalue weighted by molar-refractivity contribution is 8.00. The van der Waals surface area contributed by atoms with Gasteiger partial charge in [-0.25, -0.2) is 0 Å². The maximum absolute atomic E-state index is 13.4. The molecule has 144 valence electrons. The Balaban J connectivity index is 1.66. The molecule has 0 unspecified atom stereocenters. The number of anilines is 1. The molecule has 29 heavy (non-hydrogen) atoms. The van der Waals surface area contributed by atoms with Crippen LogP contribution in [-0.2, 0) is 0 Å². The Labute approximate surface area is 176 Å². The molecule has 1 aliphatic carbocycles. The van der Waals surface area contributed by atoms with Crippen LogP contribution in [0.25, 0.3) is 5.70 Å². The van der Waals surface area contributed by atoms with E-state index in [4.69, 9.17) is 0 Å². The van der Waals surface area contributed by atoms with Gasteiger partial charge in [-0.3, -0.25) is 4.79 Å². The summed E-state index contributed by atoms with van der Waals surface area (Å²) in [6.45, 7) is 4.47. The first-order chi connectivity index (χ1) is 14.2. The summed E-state index contributed by atoms with van der Waals surface area (Å²) in [7, 11) is 0. The number of hydrogen-bond acceptors (Lipinski definition) is 3. The number of thioether (sulfide) groups is 1. The molecule has 2 nitrogen and oxygen atoms in total. The Morgan fingerprint density at radius 3 is 2.38 bits per heavy atom. The van der Waals surface area contributed by atoms with Crippen LogP contribution in [0.2, 0.25) is 0 Å². The van der Waals surface area contributed by atoms with E-state index < -0.39 is 0 Å². The Morgan fingerprint density at radius 2 is 1.62 bits per heavy atom. The number of hydrogen-bond donors (Lipinski definition) is 1. The summed E-state index contributed by atoms with van der Waals surface area (Å²) < 4.78 is 0. The van der Waals surface area contributed by atoms with Crippen LogP contribution >= 0.6 is 11.8 Å². The molecular formula is C26H23NOS. The van der Waals surface area contributed by atoms with Gasteiger partial charge in [0.2, 0.25) is 0 Å². The lowest BCUT2D eigenvalue weighted by molar-refractivity contribution is 0.103. The lowest BCUT2D eigenvalue weighted by Crippen LogP contribution is -2.07. The standard InChI is InChI=1S/C26H23NOS/c1-3-16(2)17-12-14-18(15-13-17)26-23-24(19-8-4-5-9-20(19)25(23)28)27-21-10-6-7-11-22(21)29-26/h4-16,26-27H,3H2,1-2H3/t16-,26+/m1/s1. The summed E-state index contributed by atoms with van der Waals surface area (Å²) in [5, 5.41) is 3.55. The number of para-hydroxylation sites is 1. The number of Topliss-reactive ketones (excluding diaryl/α,β-unsaturated/α-hetero) is 1. The zero-order valence-electron chi connectivity index (χ0n) is 16.6. The third kappa shape index (κ3) is 3.01. The number of carbonyl (C=O) groups is 1. The fourth-order valence-electron chi connectivity index (χ4n) is 4.15. The van der Waals surface area contributed by atoms with Crippen LogP contribution in [0.15, 0.2) is 83.3 Å². The van der Waals surface area contributed by atoms with Gasteiger partial charge in [0.25, 0.3) is 0 Å². The molecule has 3 aromatic rings. The van der Waals surface area contributed by atoms with Gasteiger partial charge in [0.1, 0.15) is 0 Å². The van der Waals surface area contributed by atoms with Gasteiger partial charge in [-0.05, 0) is 35.6 Å². The molecule has 0 spiro atoms. The quantitative estimate of drug-likeness (QED) is 0.512. The van der Waals surface area contributed by atoms with Crippen molar-refractivity contribution in [1.82, 2.24) is 0 Å². The monoisotopic (exact) mass is 397 g/mol. The Bertz CT molecular complexity index is 1130. The number of benzene rings is 3. The largest absolute Gasteiger partial charge is 0.354 e. The van der Waals surface area contributed by atoms with Crippen molar-refractivity contribution in [2.24, 2.45) is 0 Å². The lowest BCUT2D eigenvalue weighted by Gasteiger charge is -2.18. The Morgan fingerprint density at radius 1 is 0.931 bits per heavy atom. The highest BCUT2D eigenvalue weighted by Gasteiger charge is 2.38. The summed E-state index contributed by atoms with van der Waals surface area (Å²) in [5.41, 5.74) is 7.21. The van der Waals surface area contributed by atoms with Crippen LogP contribution in [0, 0.1) is 0 Å². The molecule has 0 bridgehead atoms. The SMILES string of the molecule is CC[C@@H](C)c1ccc([C@@H]2Sc3ccccc3NC3=C2C(=O)c2ccccc23)cc1. The number of ketones is 1. The molecule has 2 aliphatic rings. The minimum atomic E-state index is -0.0352. The second-order valence-corrected chi connectivity index (χ2v) is 8.91. The van der Waals surface area contributed by atoms with Gasteiger partial charge in [-0.15, -0.1) is 11.8 Å². The zero-order chi connectivity index (χ0) is 20.0. The molecule has 2 atom stereocenters. The molecule has 0 fully saturated rings. The topological polar surface area (TPSA) is 29.1 Å². The molecule has 0 saturated heterocycles. The maximum Gasteiger partial charge on any atom is 0.193 e. The van der Waals surface area contributed by atoms with Crippen LogP contribution in [-0.4, -0.2) is 5.78 Å². The average Bonchev–Trinajstić information content (AvgIpc) is 2.94. The van der Waals surface area contributed by atoms with Crippen molar-refractivity contribution in [1.29, 1.82) is 0 Å². The van der Waals surface area contributed by atoms with Gasteiger partial charge in [0.15, 0.2) is 5.78 Å². The second kappa shape index (κ2) is 7.23. The summed E-state index contributed by atoms with van der Waals surface area (Å²) in [6, 6.07) is 25.1. The van der Waals surface area contributed by atoms with Crippen LogP contribution in [0.4, 0.5) is 5.69 Å². The fraction of sp³-hybridized carbons (Fsp3) is 0.192. The van der Waals surface area contributed by atoms with Crippen molar-refractivity contribution in [2.75, 3.05) is 5.32 Å².